The van der Waals surface area contributed by atoms with Gasteiger partial charge in [0.1, 0.15) is 6.10 Å². The summed E-state index contributed by atoms with van der Waals surface area (Å²) in [5.74, 6) is 0. The van der Waals surface area contributed by atoms with Crippen LogP contribution < -0.4 is 0 Å². The lowest BCUT2D eigenvalue weighted by molar-refractivity contribution is 0.0562. The van der Waals surface area contributed by atoms with Crippen molar-refractivity contribution in [2.75, 3.05) is 0 Å². The van der Waals surface area contributed by atoms with Gasteiger partial charge in [0, 0.05) is 0 Å². The van der Waals surface area contributed by atoms with Crippen LogP contribution in [0.4, 0.5) is 0 Å². The molecule has 0 aliphatic carbocycles. The molecule has 0 aromatic heterocycles. The Labute approximate surface area is 131 Å². The van der Waals surface area contributed by atoms with Crippen molar-refractivity contribution in [2.45, 2.75) is 42.6 Å². The molecule has 3 rings (SSSR count). The summed E-state index contributed by atoms with van der Waals surface area (Å²) in [5.41, 5.74) is 2.08. The van der Waals surface area contributed by atoms with Gasteiger partial charge in [0.05, 0.1) is 16.2 Å². The average molecular weight is 316 g/mol. The Bertz CT molecular complexity index is 736. The minimum atomic E-state index is -3.40. The lowest BCUT2D eigenvalue weighted by Gasteiger charge is -2.19. The molecular weight excluding hydrogens is 296 g/mol. The van der Waals surface area contributed by atoms with Crippen LogP contribution in [0.25, 0.3) is 0 Å². The van der Waals surface area contributed by atoms with Crippen LogP contribution in [0.3, 0.4) is 0 Å². The van der Waals surface area contributed by atoms with Gasteiger partial charge in [-0.3, -0.25) is 0 Å². The fourth-order valence-electron chi connectivity index (χ4n) is 2.97. The fraction of sp³-hybridized carbons (Fsp3) is 0.333. The number of aryl methyl sites for hydroxylation is 1. The maximum absolute atomic E-state index is 13.0. The molecule has 0 saturated carbocycles. The molecule has 2 aromatic rings. The Morgan fingerprint density at radius 3 is 2.27 bits per heavy atom. The molecular formula is C18H20O3S. The normalized spacial score (nSPS) is 25.3. The maximum Gasteiger partial charge on any atom is 0.184 e. The highest BCUT2D eigenvalue weighted by atomic mass is 32.2. The second-order valence-corrected chi connectivity index (χ2v) is 8.08. The van der Waals surface area contributed by atoms with Crippen LogP contribution in [0.15, 0.2) is 59.5 Å². The van der Waals surface area contributed by atoms with Crippen molar-refractivity contribution >= 4 is 9.84 Å². The van der Waals surface area contributed by atoms with Crippen LogP contribution >= 0.6 is 0 Å². The van der Waals surface area contributed by atoms with E-state index in [0.29, 0.717) is 11.3 Å². The highest BCUT2D eigenvalue weighted by Crippen LogP contribution is 2.39. The molecule has 22 heavy (non-hydrogen) atoms. The van der Waals surface area contributed by atoms with Crippen LogP contribution in [0.2, 0.25) is 0 Å². The van der Waals surface area contributed by atoms with E-state index in [4.69, 9.17) is 4.74 Å². The summed E-state index contributed by atoms with van der Waals surface area (Å²) in [6, 6.07) is 16.6. The average Bonchev–Trinajstić information content (AvgIpc) is 2.92. The summed E-state index contributed by atoms with van der Waals surface area (Å²) in [5, 5.41) is -0.535. The summed E-state index contributed by atoms with van der Waals surface area (Å²) in [4.78, 5) is 0.370. The molecule has 3 atom stereocenters. The molecule has 2 aromatic carbocycles. The quantitative estimate of drug-likeness (QED) is 0.867. The Kier molecular flexibility index (Phi) is 4.06. The monoisotopic (exact) mass is 316 g/mol. The molecule has 1 saturated heterocycles. The molecule has 116 valence electrons. The molecule has 3 nitrogen and oxygen atoms in total. The third-order valence-corrected chi connectivity index (χ3v) is 6.32. The molecule has 0 amide bonds. The number of hydrogen-bond donors (Lipinski definition) is 0. The zero-order valence-electron chi connectivity index (χ0n) is 12.8. The van der Waals surface area contributed by atoms with Crippen molar-refractivity contribution in [2.24, 2.45) is 0 Å². The Morgan fingerprint density at radius 2 is 1.64 bits per heavy atom. The predicted octanol–water partition coefficient (Wildman–Crippen LogP) is 3.69. The first-order valence-corrected chi connectivity index (χ1v) is 9.04. The summed E-state index contributed by atoms with van der Waals surface area (Å²) >= 11 is 0. The van der Waals surface area contributed by atoms with Gasteiger partial charge in [0.25, 0.3) is 0 Å². The van der Waals surface area contributed by atoms with Gasteiger partial charge in [0.2, 0.25) is 0 Å². The zero-order valence-corrected chi connectivity index (χ0v) is 13.6. The molecule has 1 unspecified atom stereocenters. The van der Waals surface area contributed by atoms with E-state index in [2.05, 4.69) is 0 Å². The van der Waals surface area contributed by atoms with E-state index in [1.54, 1.807) is 24.3 Å². The first-order valence-electron chi connectivity index (χ1n) is 7.49. The fourth-order valence-corrected chi connectivity index (χ4v) is 4.93. The molecule has 0 bridgehead atoms. The largest absolute Gasteiger partial charge is 0.369 e. The number of rotatable bonds is 3. The van der Waals surface area contributed by atoms with E-state index in [1.165, 1.54) is 0 Å². The van der Waals surface area contributed by atoms with Gasteiger partial charge in [-0.05, 0) is 38.0 Å². The van der Waals surface area contributed by atoms with Gasteiger partial charge >= 0.3 is 0 Å². The topological polar surface area (TPSA) is 43.4 Å². The Morgan fingerprint density at radius 1 is 1.00 bits per heavy atom. The molecule has 1 fully saturated rings. The second-order valence-electron chi connectivity index (χ2n) is 5.91. The molecule has 4 heteroatoms. The standard InChI is InChI=1S/C18H20O3S/c1-13-8-10-15(11-9-13)18-17(12-14(2)21-18)22(19,20)16-6-4-3-5-7-16/h3-11,14,17-18H,12H2,1-2H3/t14-,17?,18+/m1/s1. The maximum atomic E-state index is 13.0. The van der Waals surface area contributed by atoms with E-state index in [-0.39, 0.29) is 6.10 Å². The van der Waals surface area contributed by atoms with Crippen LogP contribution in [0.5, 0.6) is 0 Å². The van der Waals surface area contributed by atoms with E-state index < -0.39 is 21.2 Å². The highest BCUT2D eigenvalue weighted by molar-refractivity contribution is 7.92. The van der Waals surface area contributed by atoms with Crippen molar-refractivity contribution in [3.05, 3.63) is 65.7 Å². The molecule has 0 spiro atoms. The molecule has 1 aliphatic heterocycles. The van der Waals surface area contributed by atoms with Gasteiger partial charge in [0.15, 0.2) is 9.84 Å². The van der Waals surface area contributed by atoms with E-state index >= 15 is 0 Å². The number of ether oxygens (including phenoxy) is 1. The Hall–Kier alpha value is -1.65. The number of benzene rings is 2. The van der Waals surface area contributed by atoms with Crippen molar-refractivity contribution in [1.29, 1.82) is 0 Å². The summed E-state index contributed by atoms with van der Waals surface area (Å²) in [6.07, 6.45) is 0.0612. The van der Waals surface area contributed by atoms with Crippen LogP contribution in [0.1, 0.15) is 30.6 Å². The lowest BCUT2D eigenvalue weighted by Crippen LogP contribution is -2.25. The minimum absolute atomic E-state index is 0.0604. The zero-order chi connectivity index (χ0) is 15.7. The third kappa shape index (κ3) is 2.81. The van der Waals surface area contributed by atoms with Crippen molar-refractivity contribution in [1.82, 2.24) is 0 Å². The smallest absolute Gasteiger partial charge is 0.184 e. The summed E-state index contributed by atoms with van der Waals surface area (Å²) < 4.78 is 31.8. The van der Waals surface area contributed by atoms with E-state index in [0.717, 1.165) is 11.1 Å². The minimum Gasteiger partial charge on any atom is -0.369 e. The number of hydrogen-bond acceptors (Lipinski definition) is 3. The van der Waals surface area contributed by atoms with Gasteiger partial charge in [-0.15, -0.1) is 0 Å². The van der Waals surface area contributed by atoms with Crippen molar-refractivity contribution < 1.29 is 13.2 Å². The van der Waals surface area contributed by atoms with E-state index in [9.17, 15) is 8.42 Å². The molecule has 0 N–H and O–H groups in total. The van der Waals surface area contributed by atoms with Crippen molar-refractivity contribution in [3.8, 4) is 0 Å². The van der Waals surface area contributed by atoms with Crippen LogP contribution in [0, 0.1) is 6.92 Å². The van der Waals surface area contributed by atoms with Crippen LogP contribution in [-0.2, 0) is 14.6 Å². The first kappa shape index (κ1) is 15.3. The summed E-state index contributed by atoms with van der Waals surface area (Å²) in [6.45, 7) is 3.95. The number of sulfone groups is 1. The van der Waals surface area contributed by atoms with Crippen LogP contribution in [-0.4, -0.2) is 19.8 Å². The lowest BCUT2D eigenvalue weighted by atomic mass is 10.0. The first-order chi connectivity index (χ1) is 10.5. The Balaban J connectivity index is 1.99. The SMILES string of the molecule is Cc1ccc([C@@H]2O[C@H](C)CC2S(=O)(=O)c2ccccc2)cc1. The van der Waals surface area contributed by atoms with E-state index in [1.807, 2.05) is 44.2 Å². The second kappa shape index (κ2) is 5.86. The highest BCUT2D eigenvalue weighted by Gasteiger charge is 2.43. The van der Waals surface area contributed by atoms with Crippen molar-refractivity contribution in [3.63, 3.8) is 0 Å². The van der Waals surface area contributed by atoms with Gasteiger partial charge in [-0.1, -0.05) is 48.0 Å². The molecule has 1 heterocycles. The molecule has 0 radical (unpaired) electrons. The van der Waals surface area contributed by atoms with Gasteiger partial charge < -0.3 is 4.74 Å². The molecule has 1 aliphatic rings. The predicted molar refractivity (Wildman–Crippen MR) is 86.5 cm³/mol. The van der Waals surface area contributed by atoms with Gasteiger partial charge in [-0.25, -0.2) is 8.42 Å². The summed E-state index contributed by atoms with van der Waals surface area (Å²) in [7, 11) is -3.40. The third-order valence-electron chi connectivity index (χ3n) is 4.16. The van der Waals surface area contributed by atoms with Gasteiger partial charge in [-0.2, -0.15) is 0 Å².